The summed E-state index contributed by atoms with van der Waals surface area (Å²) in [7, 11) is 3.29. The molecular weight excluding hydrogens is 308 g/mol. The second kappa shape index (κ2) is 8.42. The van der Waals surface area contributed by atoms with E-state index in [0.717, 1.165) is 5.56 Å². The number of aromatic nitrogens is 4. The van der Waals surface area contributed by atoms with Crippen LogP contribution in [0.5, 0.6) is 0 Å². The van der Waals surface area contributed by atoms with Crippen LogP contribution in [0.25, 0.3) is 11.4 Å². The third-order valence-corrected chi connectivity index (χ3v) is 3.03. The van der Waals surface area contributed by atoms with E-state index in [1.165, 1.54) is 7.11 Å². The van der Waals surface area contributed by atoms with E-state index in [4.69, 9.17) is 10.5 Å². The monoisotopic (exact) mass is 326 g/mol. The number of nitrogens with two attached hydrogens (primary N) is 1. The highest BCUT2D eigenvalue weighted by atomic mass is 35.5. The van der Waals surface area contributed by atoms with E-state index < -0.39 is 0 Å². The first kappa shape index (κ1) is 18.0. The topological polar surface area (TPSA) is 108 Å². The summed E-state index contributed by atoms with van der Waals surface area (Å²) < 4.78 is 6.66. The summed E-state index contributed by atoms with van der Waals surface area (Å²) in [5, 5.41) is 14.1. The number of ether oxygens (including phenoxy) is 1. The molecule has 8 nitrogen and oxygen atoms in total. The number of carbonyl (C=O) groups is 1. The number of hydrogen-bond acceptors (Lipinski definition) is 6. The first-order valence-electron chi connectivity index (χ1n) is 6.49. The summed E-state index contributed by atoms with van der Waals surface area (Å²) in [6.07, 6.45) is -0.0703. The first-order chi connectivity index (χ1) is 10.1. The molecular formula is C13H19ClN6O2. The lowest BCUT2D eigenvalue weighted by Gasteiger charge is -2.13. The van der Waals surface area contributed by atoms with Crippen LogP contribution in [0.1, 0.15) is 6.42 Å². The van der Waals surface area contributed by atoms with Crippen molar-refractivity contribution in [1.82, 2.24) is 20.2 Å². The number of aryl methyl sites for hydroxylation is 1. The fourth-order valence-electron chi connectivity index (χ4n) is 1.89. The van der Waals surface area contributed by atoms with Gasteiger partial charge in [-0.1, -0.05) is 12.1 Å². The molecule has 0 aliphatic heterocycles. The Labute approximate surface area is 134 Å². The molecule has 1 unspecified atom stereocenters. The zero-order chi connectivity index (χ0) is 15.2. The highest BCUT2D eigenvalue weighted by Gasteiger charge is 2.12. The third-order valence-electron chi connectivity index (χ3n) is 3.03. The average Bonchev–Trinajstić information content (AvgIpc) is 2.91. The van der Waals surface area contributed by atoms with Crippen LogP contribution in [0.3, 0.4) is 0 Å². The first-order valence-corrected chi connectivity index (χ1v) is 6.49. The maximum Gasteiger partial charge on any atom is 0.227 e. The Morgan fingerprint density at radius 2 is 2.27 bits per heavy atom. The maximum atomic E-state index is 11.9. The van der Waals surface area contributed by atoms with E-state index in [-0.39, 0.29) is 30.8 Å². The molecule has 1 heterocycles. The molecule has 120 valence electrons. The van der Waals surface area contributed by atoms with Crippen molar-refractivity contribution in [2.45, 2.75) is 12.5 Å². The van der Waals surface area contributed by atoms with Crippen molar-refractivity contribution in [2.75, 3.05) is 19.0 Å². The van der Waals surface area contributed by atoms with Crippen LogP contribution >= 0.6 is 12.4 Å². The van der Waals surface area contributed by atoms with Gasteiger partial charge in [-0.25, -0.2) is 4.68 Å². The second-order valence-corrected chi connectivity index (χ2v) is 4.55. The van der Waals surface area contributed by atoms with Crippen LogP contribution in [-0.2, 0) is 16.6 Å². The summed E-state index contributed by atoms with van der Waals surface area (Å²) in [5.41, 5.74) is 7.00. The second-order valence-electron chi connectivity index (χ2n) is 4.55. The molecule has 0 bridgehead atoms. The van der Waals surface area contributed by atoms with Crippen molar-refractivity contribution in [3.63, 3.8) is 0 Å². The lowest BCUT2D eigenvalue weighted by Crippen LogP contribution is -2.28. The molecule has 0 fully saturated rings. The highest BCUT2D eigenvalue weighted by Crippen LogP contribution is 2.19. The molecule has 2 aromatic rings. The van der Waals surface area contributed by atoms with Gasteiger partial charge in [-0.2, -0.15) is 0 Å². The fourth-order valence-corrected chi connectivity index (χ4v) is 1.89. The minimum atomic E-state index is -0.281. The van der Waals surface area contributed by atoms with E-state index >= 15 is 0 Å². The minimum absolute atomic E-state index is 0. The molecule has 0 spiro atoms. The van der Waals surface area contributed by atoms with Crippen molar-refractivity contribution < 1.29 is 9.53 Å². The number of nitrogens with zero attached hydrogens (tertiary/aromatic N) is 4. The van der Waals surface area contributed by atoms with Crippen molar-refractivity contribution in [3.05, 3.63) is 24.3 Å². The molecule has 0 radical (unpaired) electrons. The van der Waals surface area contributed by atoms with Crippen molar-refractivity contribution in [2.24, 2.45) is 12.8 Å². The SMILES string of the molecule is COC(CN)CC(=O)Nc1cccc(-c2nnnn2C)c1.Cl. The summed E-state index contributed by atoms with van der Waals surface area (Å²) >= 11 is 0. The molecule has 1 aromatic heterocycles. The minimum Gasteiger partial charge on any atom is -0.380 e. The Balaban J connectivity index is 0.00000242. The Hall–Kier alpha value is -2.03. The number of hydrogen-bond donors (Lipinski definition) is 2. The van der Waals surface area contributed by atoms with Crippen molar-refractivity contribution >= 4 is 24.0 Å². The van der Waals surface area contributed by atoms with Gasteiger partial charge in [0.05, 0.1) is 12.5 Å². The van der Waals surface area contributed by atoms with Gasteiger partial charge in [0.25, 0.3) is 0 Å². The van der Waals surface area contributed by atoms with E-state index in [9.17, 15) is 4.79 Å². The van der Waals surface area contributed by atoms with Gasteiger partial charge in [0.2, 0.25) is 5.91 Å². The van der Waals surface area contributed by atoms with Gasteiger partial charge in [-0.3, -0.25) is 4.79 Å². The number of rotatable bonds is 6. The number of halogens is 1. The number of amides is 1. The lowest BCUT2D eigenvalue weighted by molar-refractivity contribution is -0.118. The lowest BCUT2D eigenvalue weighted by atomic mass is 10.1. The van der Waals surface area contributed by atoms with Crippen molar-refractivity contribution in [1.29, 1.82) is 0 Å². The zero-order valence-electron chi connectivity index (χ0n) is 12.4. The Kier molecular flexibility index (Phi) is 6.90. The quantitative estimate of drug-likeness (QED) is 0.805. The molecule has 0 aliphatic carbocycles. The Morgan fingerprint density at radius 1 is 1.50 bits per heavy atom. The van der Waals surface area contributed by atoms with Crippen molar-refractivity contribution in [3.8, 4) is 11.4 Å². The zero-order valence-corrected chi connectivity index (χ0v) is 13.2. The van der Waals surface area contributed by atoms with Crippen LogP contribution < -0.4 is 11.1 Å². The number of carbonyl (C=O) groups excluding carboxylic acids is 1. The molecule has 0 saturated heterocycles. The summed E-state index contributed by atoms with van der Waals surface area (Å²) in [4.78, 5) is 11.9. The number of anilines is 1. The van der Waals surface area contributed by atoms with Gasteiger partial charge < -0.3 is 15.8 Å². The highest BCUT2D eigenvalue weighted by molar-refractivity contribution is 5.91. The summed E-state index contributed by atoms with van der Waals surface area (Å²) in [5.74, 6) is 0.475. The number of benzene rings is 1. The van der Waals surface area contributed by atoms with Gasteiger partial charge in [0, 0.05) is 32.0 Å². The van der Waals surface area contributed by atoms with E-state index in [0.29, 0.717) is 18.1 Å². The smallest absolute Gasteiger partial charge is 0.227 e. The standard InChI is InChI=1S/C13H18N6O2.ClH/c1-19-13(16-17-18-19)9-4-3-5-10(6-9)15-12(20)7-11(8-14)21-2;/h3-6,11H,7-8,14H2,1-2H3,(H,15,20);1H. The molecule has 1 aromatic carbocycles. The van der Waals surface area contributed by atoms with Gasteiger partial charge in [-0.05, 0) is 22.6 Å². The molecule has 0 saturated carbocycles. The van der Waals surface area contributed by atoms with Gasteiger partial charge in [0.1, 0.15) is 0 Å². The van der Waals surface area contributed by atoms with Crippen LogP contribution in [0.2, 0.25) is 0 Å². The van der Waals surface area contributed by atoms with Crippen LogP contribution in [0.4, 0.5) is 5.69 Å². The largest absolute Gasteiger partial charge is 0.380 e. The summed E-state index contributed by atoms with van der Waals surface area (Å²) in [6, 6.07) is 7.32. The maximum absolute atomic E-state index is 11.9. The molecule has 1 atom stereocenters. The van der Waals surface area contributed by atoms with E-state index in [1.807, 2.05) is 18.2 Å². The van der Waals surface area contributed by atoms with Crippen LogP contribution in [0, 0.1) is 0 Å². The van der Waals surface area contributed by atoms with Gasteiger partial charge >= 0.3 is 0 Å². The number of nitrogens with one attached hydrogen (secondary N) is 1. The molecule has 9 heteroatoms. The fraction of sp³-hybridized carbons (Fsp3) is 0.385. The van der Waals surface area contributed by atoms with Gasteiger partial charge in [0.15, 0.2) is 5.82 Å². The summed E-state index contributed by atoms with van der Waals surface area (Å²) in [6.45, 7) is 0.300. The predicted molar refractivity (Wildman–Crippen MR) is 84.6 cm³/mol. The van der Waals surface area contributed by atoms with Crippen LogP contribution in [-0.4, -0.2) is 45.9 Å². The normalized spacial score (nSPS) is 11.6. The molecule has 3 N–H and O–H groups in total. The number of tetrazole rings is 1. The van der Waals surface area contributed by atoms with E-state index in [1.54, 1.807) is 17.8 Å². The average molecular weight is 327 g/mol. The molecule has 0 aliphatic rings. The third kappa shape index (κ3) is 4.48. The predicted octanol–water partition coefficient (Wildman–Crippen LogP) is 0.601. The van der Waals surface area contributed by atoms with Gasteiger partial charge in [-0.15, -0.1) is 17.5 Å². The van der Waals surface area contributed by atoms with E-state index in [2.05, 4.69) is 20.8 Å². The Morgan fingerprint density at radius 3 is 2.86 bits per heavy atom. The van der Waals surface area contributed by atoms with Crippen LogP contribution in [0.15, 0.2) is 24.3 Å². The molecule has 1 amide bonds. The Bertz CT molecular complexity index is 614. The molecule has 22 heavy (non-hydrogen) atoms. The number of methoxy groups -OCH3 is 1. The molecule has 2 rings (SSSR count).